The van der Waals surface area contributed by atoms with Crippen LogP contribution in [-0.4, -0.2) is 12.3 Å². The smallest absolute Gasteiger partial charge is 0.146 e. The summed E-state index contributed by atoms with van der Waals surface area (Å²) in [5, 5.41) is 0.625. The number of halogens is 1. The summed E-state index contributed by atoms with van der Waals surface area (Å²) < 4.78 is 0. The molecule has 0 aliphatic heterocycles. The van der Waals surface area contributed by atoms with Crippen molar-refractivity contribution in [3.63, 3.8) is 0 Å². The first-order valence-electron chi connectivity index (χ1n) is 6.23. The van der Waals surface area contributed by atoms with Crippen LogP contribution in [0.3, 0.4) is 0 Å². The maximum absolute atomic E-state index is 12.4. The molecule has 0 heterocycles. The lowest BCUT2D eigenvalue weighted by Crippen LogP contribution is -2.23. The van der Waals surface area contributed by atoms with Crippen LogP contribution in [0, 0.1) is 0 Å². The van der Waals surface area contributed by atoms with Gasteiger partial charge in [0.2, 0.25) is 0 Å². The number of carbonyl (C=O) groups is 1. The van der Waals surface area contributed by atoms with Crippen LogP contribution in [-0.2, 0) is 11.2 Å². The van der Waals surface area contributed by atoms with Crippen LogP contribution < -0.4 is 5.73 Å². The van der Waals surface area contributed by atoms with Gasteiger partial charge in [-0.05, 0) is 17.2 Å². The van der Waals surface area contributed by atoms with Gasteiger partial charge in [0.1, 0.15) is 5.78 Å². The molecule has 0 amide bonds. The largest absolute Gasteiger partial charge is 0.329 e. The number of hydrogen-bond acceptors (Lipinski definition) is 2. The first kappa shape index (κ1) is 13.8. The molecule has 0 saturated carbocycles. The molecular formula is C16H16ClNO. The van der Waals surface area contributed by atoms with Gasteiger partial charge in [0.15, 0.2) is 0 Å². The molecule has 1 unspecified atom stereocenters. The van der Waals surface area contributed by atoms with Crippen LogP contribution in [0.5, 0.6) is 0 Å². The van der Waals surface area contributed by atoms with Crippen LogP contribution in [0.25, 0.3) is 0 Å². The Morgan fingerprint density at radius 2 is 1.68 bits per heavy atom. The molecule has 2 nitrogen and oxygen atoms in total. The van der Waals surface area contributed by atoms with E-state index in [2.05, 4.69) is 0 Å². The van der Waals surface area contributed by atoms with Crippen LogP contribution in [0.1, 0.15) is 17.0 Å². The van der Waals surface area contributed by atoms with Crippen molar-refractivity contribution in [2.45, 2.75) is 12.3 Å². The quantitative estimate of drug-likeness (QED) is 0.909. The van der Waals surface area contributed by atoms with E-state index in [0.29, 0.717) is 18.0 Å². The summed E-state index contributed by atoms with van der Waals surface area (Å²) in [6.45, 7) is 0.313. The lowest BCUT2D eigenvalue weighted by atomic mass is 9.91. The van der Waals surface area contributed by atoms with Gasteiger partial charge in [-0.1, -0.05) is 60.1 Å². The van der Waals surface area contributed by atoms with E-state index >= 15 is 0 Å². The Kier molecular flexibility index (Phi) is 4.72. The van der Waals surface area contributed by atoms with Gasteiger partial charge in [-0.2, -0.15) is 0 Å². The van der Waals surface area contributed by atoms with E-state index in [1.54, 1.807) is 6.07 Å². The molecule has 2 aromatic carbocycles. The molecular weight excluding hydrogens is 258 g/mol. The number of ketones is 1. The first-order chi connectivity index (χ1) is 9.22. The second kappa shape index (κ2) is 6.50. The summed E-state index contributed by atoms with van der Waals surface area (Å²) in [6, 6.07) is 17.0. The minimum absolute atomic E-state index is 0.0989. The van der Waals surface area contributed by atoms with Crippen molar-refractivity contribution in [2.24, 2.45) is 5.73 Å². The Morgan fingerprint density at radius 3 is 2.32 bits per heavy atom. The molecule has 0 bridgehead atoms. The fourth-order valence-electron chi connectivity index (χ4n) is 2.09. The molecule has 0 aromatic heterocycles. The highest BCUT2D eigenvalue weighted by atomic mass is 35.5. The second-order valence-corrected chi connectivity index (χ2v) is 4.84. The van der Waals surface area contributed by atoms with Crippen molar-refractivity contribution in [1.29, 1.82) is 0 Å². The lowest BCUT2D eigenvalue weighted by molar-refractivity contribution is -0.119. The molecule has 3 heteroatoms. The molecule has 19 heavy (non-hydrogen) atoms. The Labute approximate surface area is 118 Å². The summed E-state index contributed by atoms with van der Waals surface area (Å²) in [4.78, 5) is 12.4. The average molecular weight is 274 g/mol. The van der Waals surface area contributed by atoms with E-state index in [0.717, 1.165) is 11.1 Å². The van der Waals surface area contributed by atoms with E-state index in [-0.39, 0.29) is 11.7 Å². The number of carbonyl (C=O) groups excluding carboxylic acids is 1. The SMILES string of the molecule is NCC(C(=O)Cc1ccccc1Cl)c1ccccc1. The molecule has 2 rings (SSSR count). The highest BCUT2D eigenvalue weighted by Gasteiger charge is 2.19. The number of rotatable bonds is 5. The van der Waals surface area contributed by atoms with Gasteiger partial charge in [0.25, 0.3) is 0 Å². The minimum atomic E-state index is -0.266. The number of nitrogens with two attached hydrogens (primary N) is 1. The van der Waals surface area contributed by atoms with E-state index in [9.17, 15) is 4.79 Å². The second-order valence-electron chi connectivity index (χ2n) is 4.43. The van der Waals surface area contributed by atoms with Gasteiger partial charge in [0.05, 0.1) is 5.92 Å². The molecule has 0 radical (unpaired) electrons. The van der Waals surface area contributed by atoms with Gasteiger partial charge in [0, 0.05) is 18.0 Å². The Balaban J connectivity index is 2.17. The fraction of sp³-hybridized carbons (Fsp3) is 0.188. The van der Waals surface area contributed by atoms with E-state index in [1.165, 1.54) is 0 Å². The predicted molar refractivity (Wildman–Crippen MR) is 78.4 cm³/mol. The third-order valence-electron chi connectivity index (χ3n) is 3.15. The Bertz CT molecular complexity index is 554. The highest BCUT2D eigenvalue weighted by molar-refractivity contribution is 6.31. The van der Waals surface area contributed by atoms with Crippen LogP contribution in [0.15, 0.2) is 54.6 Å². The number of benzene rings is 2. The van der Waals surface area contributed by atoms with Crippen molar-refractivity contribution in [1.82, 2.24) is 0 Å². The average Bonchev–Trinajstić information content (AvgIpc) is 2.43. The maximum atomic E-state index is 12.4. The van der Waals surface area contributed by atoms with Gasteiger partial charge in [-0.25, -0.2) is 0 Å². The number of hydrogen-bond donors (Lipinski definition) is 1. The van der Waals surface area contributed by atoms with Gasteiger partial charge in [-0.3, -0.25) is 4.79 Å². The summed E-state index contributed by atoms with van der Waals surface area (Å²) in [6.07, 6.45) is 0.316. The van der Waals surface area contributed by atoms with Crippen LogP contribution in [0.2, 0.25) is 5.02 Å². The van der Waals surface area contributed by atoms with Crippen molar-refractivity contribution in [3.8, 4) is 0 Å². The molecule has 2 N–H and O–H groups in total. The normalized spacial score (nSPS) is 12.1. The van der Waals surface area contributed by atoms with Gasteiger partial charge >= 0.3 is 0 Å². The summed E-state index contributed by atoms with van der Waals surface area (Å²) >= 11 is 6.08. The van der Waals surface area contributed by atoms with Gasteiger partial charge < -0.3 is 5.73 Å². The topological polar surface area (TPSA) is 43.1 Å². The standard InChI is InChI=1S/C16H16ClNO/c17-15-9-5-4-8-13(15)10-16(19)14(11-18)12-6-2-1-3-7-12/h1-9,14H,10-11,18H2. The van der Waals surface area contributed by atoms with Crippen molar-refractivity contribution in [2.75, 3.05) is 6.54 Å². The van der Waals surface area contributed by atoms with Crippen molar-refractivity contribution < 1.29 is 4.79 Å². The summed E-state index contributed by atoms with van der Waals surface area (Å²) in [7, 11) is 0. The molecule has 0 aliphatic rings. The fourth-order valence-corrected chi connectivity index (χ4v) is 2.29. The molecule has 0 aliphatic carbocycles. The van der Waals surface area contributed by atoms with Gasteiger partial charge in [-0.15, -0.1) is 0 Å². The van der Waals surface area contributed by atoms with E-state index in [4.69, 9.17) is 17.3 Å². The lowest BCUT2D eigenvalue weighted by Gasteiger charge is -2.14. The zero-order valence-electron chi connectivity index (χ0n) is 10.6. The van der Waals surface area contributed by atoms with Crippen molar-refractivity contribution in [3.05, 3.63) is 70.7 Å². The Morgan fingerprint density at radius 1 is 1.05 bits per heavy atom. The number of Topliss-reactive ketones (excluding diaryl/α,β-unsaturated/α-hetero) is 1. The Hall–Kier alpha value is -1.64. The summed E-state index contributed by atoms with van der Waals surface area (Å²) in [5.41, 5.74) is 7.55. The molecule has 0 spiro atoms. The van der Waals surface area contributed by atoms with E-state index < -0.39 is 0 Å². The summed E-state index contributed by atoms with van der Waals surface area (Å²) in [5.74, 6) is -0.167. The van der Waals surface area contributed by atoms with E-state index in [1.807, 2.05) is 48.5 Å². The first-order valence-corrected chi connectivity index (χ1v) is 6.61. The monoisotopic (exact) mass is 273 g/mol. The van der Waals surface area contributed by atoms with Crippen LogP contribution in [0.4, 0.5) is 0 Å². The zero-order valence-corrected chi connectivity index (χ0v) is 11.3. The third kappa shape index (κ3) is 3.43. The van der Waals surface area contributed by atoms with Crippen molar-refractivity contribution >= 4 is 17.4 Å². The molecule has 98 valence electrons. The van der Waals surface area contributed by atoms with Crippen LogP contribution >= 0.6 is 11.6 Å². The molecule has 0 fully saturated rings. The third-order valence-corrected chi connectivity index (χ3v) is 3.52. The molecule has 2 aromatic rings. The highest BCUT2D eigenvalue weighted by Crippen LogP contribution is 2.21. The molecule has 1 atom stereocenters. The molecule has 0 saturated heterocycles. The maximum Gasteiger partial charge on any atom is 0.146 e. The zero-order chi connectivity index (χ0) is 13.7. The minimum Gasteiger partial charge on any atom is -0.329 e. The predicted octanol–water partition coefficient (Wildman–Crippen LogP) is 3.19.